The second kappa shape index (κ2) is 4.40. The van der Waals surface area contributed by atoms with Crippen LogP contribution in [0.25, 0.3) is 0 Å². The summed E-state index contributed by atoms with van der Waals surface area (Å²) in [5.41, 5.74) is 5.55. The van der Waals surface area contributed by atoms with E-state index in [2.05, 4.69) is 27.6 Å². The van der Waals surface area contributed by atoms with Crippen LogP contribution >= 0.6 is 45.2 Å². The fraction of sp³-hybridized carbons (Fsp3) is 0.143. The molecule has 0 aliphatic heterocycles. The maximum atomic E-state index is 10.7. The fourth-order valence-corrected chi connectivity index (χ4v) is 2.24. The molecule has 0 amide bonds. The Morgan fingerprint density at radius 2 is 2.15 bits per heavy atom. The number of esters is 1. The second-order valence-electron chi connectivity index (χ2n) is 2.24. The average Bonchev–Trinajstić information content (AvgIpc) is 1.99. The number of halogens is 2. The number of aromatic nitrogens is 1. The van der Waals surface area contributed by atoms with Crippen LogP contribution in [0.3, 0.4) is 0 Å². The van der Waals surface area contributed by atoms with Gasteiger partial charge in [0.25, 0.3) is 0 Å². The molecule has 0 saturated carbocycles. The molecule has 1 aromatic rings. The molecule has 0 bridgehead atoms. The van der Waals surface area contributed by atoms with Gasteiger partial charge in [0, 0.05) is 6.92 Å². The van der Waals surface area contributed by atoms with E-state index >= 15 is 0 Å². The molecule has 70 valence electrons. The summed E-state index contributed by atoms with van der Waals surface area (Å²) in [4.78, 5) is 14.6. The van der Waals surface area contributed by atoms with Gasteiger partial charge in [-0.05, 0) is 51.2 Å². The molecule has 4 nitrogen and oxygen atoms in total. The van der Waals surface area contributed by atoms with Crippen molar-refractivity contribution in [1.29, 1.82) is 0 Å². The van der Waals surface area contributed by atoms with Crippen LogP contribution in [0, 0.1) is 7.14 Å². The molecule has 0 aromatic carbocycles. The Morgan fingerprint density at radius 3 is 2.69 bits per heavy atom. The molecule has 1 heterocycles. The Balaban J connectivity index is 3.08. The Labute approximate surface area is 103 Å². The highest BCUT2D eigenvalue weighted by atomic mass is 127. The first kappa shape index (κ1) is 11.0. The maximum Gasteiger partial charge on any atom is 0.309 e. The van der Waals surface area contributed by atoms with Crippen molar-refractivity contribution in [3.63, 3.8) is 0 Å². The van der Waals surface area contributed by atoms with E-state index in [1.165, 1.54) is 6.92 Å². The smallest absolute Gasteiger partial charge is 0.309 e. The molecule has 0 aliphatic carbocycles. The third-order valence-corrected chi connectivity index (χ3v) is 2.80. The summed E-state index contributed by atoms with van der Waals surface area (Å²) >= 11 is 4.10. The number of rotatable bonds is 1. The summed E-state index contributed by atoms with van der Waals surface area (Å²) in [6.45, 7) is 1.33. The lowest BCUT2D eigenvalue weighted by molar-refractivity contribution is -0.132. The van der Waals surface area contributed by atoms with Crippen molar-refractivity contribution in [2.75, 3.05) is 5.73 Å². The summed E-state index contributed by atoms with van der Waals surface area (Å²) in [5, 5.41) is 0. The monoisotopic (exact) mass is 404 g/mol. The van der Waals surface area contributed by atoms with E-state index in [4.69, 9.17) is 10.5 Å². The van der Waals surface area contributed by atoms with Crippen molar-refractivity contribution < 1.29 is 9.53 Å². The number of nitrogen functional groups attached to an aromatic ring is 1. The standard InChI is InChI=1S/C7H6I2N2O2/c1-3(12)13-7-5(9)2-4(8)6(10)11-7/h2H,1H3,(H2,10,11). The molecular formula is C7H6I2N2O2. The van der Waals surface area contributed by atoms with Crippen molar-refractivity contribution in [2.24, 2.45) is 0 Å². The van der Waals surface area contributed by atoms with Gasteiger partial charge in [0.1, 0.15) is 5.82 Å². The van der Waals surface area contributed by atoms with Crippen LogP contribution in [-0.2, 0) is 4.79 Å². The summed E-state index contributed by atoms with van der Waals surface area (Å²) < 4.78 is 6.46. The molecule has 0 unspecified atom stereocenters. The highest BCUT2D eigenvalue weighted by molar-refractivity contribution is 14.1. The first-order valence-electron chi connectivity index (χ1n) is 3.30. The first-order valence-corrected chi connectivity index (χ1v) is 5.46. The number of carbonyl (C=O) groups is 1. The van der Waals surface area contributed by atoms with Crippen molar-refractivity contribution in [3.8, 4) is 5.88 Å². The van der Waals surface area contributed by atoms with Gasteiger partial charge in [-0.3, -0.25) is 4.79 Å². The van der Waals surface area contributed by atoms with E-state index in [-0.39, 0.29) is 5.88 Å². The van der Waals surface area contributed by atoms with Gasteiger partial charge in [-0.25, -0.2) is 0 Å². The Morgan fingerprint density at radius 1 is 1.54 bits per heavy atom. The molecule has 1 aromatic heterocycles. The quantitative estimate of drug-likeness (QED) is 0.573. The van der Waals surface area contributed by atoms with Gasteiger partial charge in [-0.15, -0.1) is 0 Å². The molecule has 0 atom stereocenters. The topological polar surface area (TPSA) is 65.2 Å². The van der Waals surface area contributed by atoms with Gasteiger partial charge >= 0.3 is 5.97 Å². The van der Waals surface area contributed by atoms with Crippen LogP contribution in [0.15, 0.2) is 6.07 Å². The molecule has 1 rings (SSSR count). The fourth-order valence-electron chi connectivity index (χ4n) is 0.671. The highest BCUT2D eigenvalue weighted by Gasteiger charge is 2.08. The molecule has 0 spiro atoms. The molecule has 13 heavy (non-hydrogen) atoms. The summed E-state index contributed by atoms with van der Waals surface area (Å²) in [5.74, 6) is 0.245. The summed E-state index contributed by atoms with van der Waals surface area (Å²) in [7, 11) is 0. The SMILES string of the molecule is CC(=O)Oc1nc(N)c(I)cc1I. The Hall–Kier alpha value is -0.120. The number of pyridine rings is 1. The Kier molecular flexibility index (Phi) is 3.71. The molecule has 0 saturated heterocycles. The third-order valence-electron chi connectivity index (χ3n) is 1.16. The number of ether oxygens (including phenoxy) is 1. The van der Waals surface area contributed by atoms with Crippen molar-refractivity contribution in [2.45, 2.75) is 6.92 Å². The highest BCUT2D eigenvalue weighted by Crippen LogP contribution is 2.24. The Bertz CT molecular complexity index is 355. The van der Waals surface area contributed by atoms with Gasteiger partial charge in [-0.2, -0.15) is 4.98 Å². The number of nitrogens with zero attached hydrogens (tertiary/aromatic N) is 1. The largest absolute Gasteiger partial charge is 0.406 e. The summed E-state index contributed by atoms with van der Waals surface area (Å²) in [6.07, 6.45) is 0. The third kappa shape index (κ3) is 2.93. The van der Waals surface area contributed by atoms with Crippen LogP contribution in [0.1, 0.15) is 6.92 Å². The van der Waals surface area contributed by atoms with E-state index in [1.54, 1.807) is 0 Å². The predicted molar refractivity (Wildman–Crippen MR) is 65.4 cm³/mol. The minimum absolute atomic E-state index is 0.269. The first-order chi connectivity index (χ1) is 6.00. The molecule has 6 heteroatoms. The number of nitrogens with two attached hydrogens (primary N) is 1. The maximum absolute atomic E-state index is 10.7. The zero-order chi connectivity index (χ0) is 10.0. The lowest BCUT2D eigenvalue weighted by Crippen LogP contribution is -2.06. The van der Waals surface area contributed by atoms with Crippen LogP contribution in [0.2, 0.25) is 0 Å². The lowest BCUT2D eigenvalue weighted by Gasteiger charge is -2.04. The van der Waals surface area contributed by atoms with Gasteiger partial charge in [0.15, 0.2) is 0 Å². The van der Waals surface area contributed by atoms with Crippen molar-refractivity contribution in [3.05, 3.63) is 13.2 Å². The van der Waals surface area contributed by atoms with E-state index in [0.29, 0.717) is 5.82 Å². The van der Waals surface area contributed by atoms with Crippen LogP contribution in [-0.4, -0.2) is 11.0 Å². The minimum Gasteiger partial charge on any atom is -0.406 e. The van der Waals surface area contributed by atoms with Crippen molar-refractivity contribution >= 4 is 57.0 Å². The van der Waals surface area contributed by atoms with E-state index in [9.17, 15) is 4.79 Å². The number of hydrogen-bond donors (Lipinski definition) is 1. The van der Waals surface area contributed by atoms with Crippen LogP contribution in [0.4, 0.5) is 5.82 Å². The normalized spacial score (nSPS) is 9.77. The lowest BCUT2D eigenvalue weighted by atomic mass is 10.4. The number of anilines is 1. The van der Waals surface area contributed by atoms with Crippen LogP contribution in [0.5, 0.6) is 5.88 Å². The van der Waals surface area contributed by atoms with E-state index in [0.717, 1.165) is 7.14 Å². The molecule has 0 radical (unpaired) electrons. The van der Waals surface area contributed by atoms with Crippen LogP contribution < -0.4 is 10.5 Å². The van der Waals surface area contributed by atoms with E-state index < -0.39 is 5.97 Å². The molecule has 0 fully saturated rings. The van der Waals surface area contributed by atoms with Gasteiger partial charge in [0.05, 0.1) is 7.14 Å². The molecule has 0 aliphatic rings. The van der Waals surface area contributed by atoms with E-state index in [1.807, 2.05) is 28.7 Å². The average molecular weight is 404 g/mol. The minimum atomic E-state index is -0.397. The second-order valence-corrected chi connectivity index (χ2v) is 4.56. The summed E-state index contributed by atoms with van der Waals surface area (Å²) in [6, 6.07) is 1.81. The molecular weight excluding hydrogens is 398 g/mol. The van der Waals surface area contributed by atoms with Gasteiger partial charge < -0.3 is 10.5 Å². The molecule has 2 N–H and O–H groups in total. The number of hydrogen-bond acceptors (Lipinski definition) is 4. The number of carbonyl (C=O) groups excluding carboxylic acids is 1. The van der Waals surface area contributed by atoms with Crippen molar-refractivity contribution in [1.82, 2.24) is 4.98 Å². The predicted octanol–water partition coefficient (Wildman–Crippen LogP) is 1.80. The zero-order valence-electron chi connectivity index (χ0n) is 6.67. The zero-order valence-corrected chi connectivity index (χ0v) is 11.0. The van der Waals surface area contributed by atoms with Gasteiger partial charge in [-0.1, -0.05) is 0 Å². The van der Waals surface area contributed by atoms with Gasteiger partial charge in [0.2, 0.25) is 5.88 Å².